The second kappa shape index (κ2) is 6.27. The Balaban J connectivity index is 2.61. The van der Waals surface area contributed by atoms with Crippen molar-refractivity contribution in [2.24, 2.45) is 0 Å². The normalized spacial score (nSPS) is 10.4. The van der Waals surface area contributed by atoms with Gasteiger partial charge in [-0.1, -0.05) is 0 Å². The molecule has 1 aromatic rings. The first-order valence-corrected chi connectivity index (χ1v) is 5.88. The second-order valence-electron chi connectivity index (χ2n) is 4.45. The molecule has 0 N–H and O–H groups in total. The molecule has 0 aromatic heterocycles. The number of likely N-dealkylation sites (N-methyl/N-ethyl adjacent to an activating group) is 1. The molecule has 3 nitrogen and oxygen atoms in total. The molecule has 1 aromatic carbocycles. The van der Waals surface area contributed by atoms with Gasteiger partial charge in [-0.25, -0.2) is 0 Å². The Kier molecular flexibility index (Phi) is 4.99. The molecule has 0 atom stereocenters. The number of ether oxygens (including phenoxy) is 1. The lowest BCUT2D eigenvalue weighted by molar-refractivity contribution is 0.0846. The third-order valence-electron chi connectivity index (χ3n) is 2.65. The van der Waals surface area contributed by atoms with E-state index in [4.69, 9.17) is 10.00 Å². The summed E-state index contributed by atoms with van der Waals surface area (Å²) in [5.41, 5.74) is 2.87. The van der Waals surface area contributed by atoms with Crippen LogP contribution in [-0.4, -0.2) is 26.3 Å². The van der Waals surface area contributed by atoms with Crippen molar-refractivity contribution in [1.82, 2.24) is 0 Å². The number of aryl methyl sites for hydroxylation is 1. The fourth-order valence-electron chi connectivity index (χ4n) is 1.57. The first-order valence-electron chi connectivity index (χ1n) is 5.88. The molecule has 92 valence electrons. The molecule has 0 bridgehead atoms. The quantitative estimate of drug-likeness (QED) is 0.783. The van der Waals surface area contributed by atoms with E-state index in [1.807, 2.05) is 46.0 Å². The molecule has 0 saturated carbocycles. The SMILES string of the molecule is Cc1cc(N(C)CCOC(C)C)ccc1C#N. The smallest absolute Gasteiger partial charge is 0.0994 e. The van der Waals surface area contributed by atoms with Crippen molar-refractivity contribution in [2.75, 3.05) is 25.1 Å². The van der Waals surface area contributed by atoms with E-state index in [2.05, 4.69) is 11.0 Å². The van der Waals surface area contributed by atoms with Crippen LogP contribution < -0.4 is 4.90 Å². The molecule has 0 aliphatic carbocycles. The van der Waals surface area contributed by atoms with Gasteiger partial charge >= 0.3 is 0 Å². The van der Waals surface area contributed by atoms with Crippen LogP contribution in [0.4, 0.5) is 5.69 Å². The van der Waals surface area contributed by atoms with Gasteiger partial charge in [-0.15, -0.1) is 0 Å². The molecule has 0 saturated heterocycles. The van der Waals surface area contributed by atoms with Crippen LogP contribution in [0.2, 0.25) is 0 Å². The maximum atomic E-state index is 8.87. The Bertz CT molecular complexity index is 407. The van der Waals surface area contributed by atoms with E-state index in [0.717, 1.165) is 23.4 Å². The van der Waals surface area contributed by atoms with E-state index in [0.29, 0.717) is 6.61 Å². The summed E-state index contributed by atoms with van der Waals surface area (Å²) in [6.45, 7) is 7.59. The average molecular weight is 232 g/mol. The van der Waals surface area contributed by atoms with Crippen LogP contribution in [0.25, 0.3) is 0 Å². The van der Waals surface area contributed by atoms with E-state index in [9.17, 15) is 0 Å². The summed E-state index contributed by atoms with van der Waals surface area (Å²) in [5, 5.41) is 8.87. The molecular formula is C14H20N2O. The van der Waals surface area contributed by atoms with Gasteiger partial charge in [0.1, 0.15) is 0 Å². The number of hydrogen-bond donors (Lipinski definition) is 0. The highest BCUT2D eigenvalue weighted by Gasteiger charge is 2.04. The van der Waals surface area contributed by atoms with Crippen LogP contribution in [0.15, 0.2) is 18.2 Å². The van der Waals surface area contributed by atoms with Gasteiger partial charge in [-0.05, 0) is 44.5 Å². The Labute approximate surface area is 104 Å². The zero-order valence-corrected chi connectivity index (χ0v) is 11.0. The van der Waals surface area contributed by atoms with Gasteiger partial charge in [0.05, 0.1) is 24.3 Å². The lowest BCUT2D eigenvalue weighted by atomic mass is 10.1. The summed E-state index contributed by atoms with van der Waals surface area (Å²) in [7, 11) is 2.03. The van der Waals surface area contributed by atoms with Crippen LogP contribution in [0.3, 0.4) is 0 Å². The largest absolute Gasteiger partial charge is 0.377 e. The van der Waals surface area contributed by atoms with Gasteiger partial charge in [0.2, 0.25) is 0 Å². The van der Waals surface area contributed by atoms with Crippen molar-refractivity contribution in [2.45, 2.75) is 26.9 Å². The van der Waals surface area contributed by atoms with Crippen molar-refractivity contribution in [1.29, 1.82) is 5.26 Å². The predicted molar refractivity (Wildman–Crippen MR) is 70.3 cm³/mol. The summed E-state index contributed by atoms with van der Waals surface area (Å²) >= 11 is 0. The van der Waals surface area contributed by atoms with Gasteiger partial charge < -0.3 is 9.64 Å². The first kappa shape index (κ1) is 13.5. The van der Waals surface area contributed by atoms with Crippen LogP contribution in [-0.2, 0) is 4.74 Å². The van der Waals surface area contributed by atoms with E-state index in [1.165, 1.54) is 0 Å². The maximum absolute atomic E-state index is 8.87. The Morgan fingerprint density at radius 3 is 2.65 bits per heavy atom. The lowest BCUT2D eigenvalue weighted by Gasteiger charge is -2.20. The lowest BCUT2D eigenvalue weighted by Crippen LogP contribution is -2.23. The Morgan fingerprint density at radius 2 is 2.12 bits per heavy atom. The van der Waals surface area contributed by atoms with Crippen LogP contribution in [0.5, 0.6) is 0 Å². The van der Waals surface area contributed by atoms with Crippen molar-refractivity contribution >= 4 is 5.69 Å². The van der Waals surface area contributed by atoms with Crippen molar-refractivity contribution < 1.29 is 4.74 Å². The molecule has 0 amide bonds. The molecule has 17 heavy (non-hydrogen) atoms. The number of rotatable bonds is 5. The minimum atomic E-state index is 0.270. The third-order valence-corrected chi connectivity index (χ3v) is 2.65. The summed E-state index contributed by atoms with van der Waals surface area (Å²) < 4.78 is 5.52. The van der Waals surface area contributed by atoms with Crippen molar-refractivity contribution in [3.05, 3.63) is 29.3 Å². The highest BCUT2D eigenvalue weighted by molar-refractivity contribution is 5.52. The summed E-state index contributed by atoms with van der Waals surface area (Å²) in [6, 6.07) is 8.05. The molecule has 0 radical (unpaired) electrons. The molecule has 1 rings (SSSR count). The minimum Gasteiger partial charge on any atom is -0.377 e. The molecule has 0 aliphatic heterocycles. The number of nitrogens with zero attached hydrogens (tertiary/aromatic N) is 2. The third kappa shape index (κ3) is 4.08. The topological polar surface area (TPSA) is 36.3 Å². The van der Waals surface area contributed by atoms with Gasteiger partial charge in [0.25, 0.3) is 0 Å². The molecule has 0 aliphatic rings. The molecule has 3 heteroatoms. The summed E-state index contributed by atoms with van der Waals surface area (Å²) in [5.74, 6) is 0. The predicted octanol–water partition coefficient (Wildman–Crippen LogP) is 2.73. The Morgan fingerprint density at radius 1 is 1.41 bits per heavy atom. The zero-order valence-electron chi connectivity index (χ0n) is 11.0. The fourth-order valence-corrected chi connectivity index (χ4v) is 1.57. The number of hydrogen-bond acceptors (Lipinski definition) is 3. The first-order chi connectivity index (χ1) is 8.04. The van der Waals surface area contributed by atoms with Crippen LogP contribution >= 0.6 is 0 Å². The van der Waals surface area contributed by atoms with Gasteiger partial charge in [-0.2, -0.15) is 5.26 Å². The van der Waals surface area contributed by atoms with Gasteiger partial charge in [0.15, 0.2) is 0 Å². The summed E-state index contributed by atoms with van der Waals surface area (Å²) in [6.07, 6.45) is 0.270. The van der Waals surface area contributed by atoms with Gasteiger partial charge in [-0.3, -0.25) is 0 Å². The van der Waals surface area contributed by atoms with E-state index in [1.54, 1.807) is 0 Å². The molecule has 0 heterocycles. The number of anilines is 1. The molecular weight excluding hydrogens is 212 g/mol. The van der Waals surface area contributed by atoms with E-state index in [-0.39, 0.29) is 6.10 Å². The Hall–Kier alpha value is -1.53. The van der Waals surface area contributed by atoms with Crippen LogP contribution in [0, 0.1) is 18.3 Å². The highest BCUT2D eigenvalue weighted by Crippen LogP contribution is 2.17. The number of nitriles is 1. The fraction of sp³-hybridized carbons (Fsp3) is 0.500. The number of benzene rings is 1. The van der Waals surface area contributed by atoms with Gasteiger partial charge in [0, 0.05) is 19.3 Å². The summed E-state index contributed by atoms with van der Waals surface area (Å²) in [4.78, 5) is 2.14. The van der Waals surface area contributed by atoms with Crippen molar-refractivity contribution in [3.63, 3.8) is 0 Å². The second-order valence-corrected chi connectivity index (χ2v) is 4.45. The zero-order chi connectivity index (χ0) is 12.8. The molecule has 0 unspecified atom stereocenters. The highest BCUT2D eigenvalue weighted by atomic mass is 16.5. The molecule has 0 fully saturated rings. The minimum absolute atomic E-state index is 0.270. The van der Waals surface area contributed by atoms with Crippen molar-refractivity contribution in [3.8, 4) is 6.07 Å². The van der Waals surface area contributed by atoms with E-state index < -0.39 is 0 Å². The van der Waals surface area contributed by atoms with E-state index >= 15 is 0 Å². The monoisotopic (exact) mass is 232 g/mol. The average Bonchev–Trinajstić information content (AvgIpc) is 2.28. The molecule has 0 spiro atoms. The van der Waals surface area contributed by atoms with Crippen LogP contribution in [0.1, 0.15) is 25.0 Å². The maximum Gasteiger partial charge on any atom is 0.0994 e. The standard InChI is InChI=1S/C14H20N2O/c1-11(2)17-8-7-16(4)14-6-5-13(10-15)12(3)9-14/h5-6,9,11H,7-8H2,1-4H3.